The lowest BCUT2D eigenvalue weighted by Crippen LogP contribution is -2.32. The maximum absolute atomic E-state index is 12.7. The summed E-state index contributed by atoms with van der Waals surface area (Å²) in [6.45, 7) is 6.48. The van der Waals surface area contributed by atoms with Crippen molar-refractivity contribution in [1.29, 1.82) is 0 Å². The molecule has 3 aromatic rings. The number of anilines is 1. The summed E-state index contributed by atoms with van der Waals surface area (Å²) in [6, 6.07) is 15.5. The van der Waals surface area contributed by atoms with Gasteiger partial charge in [-0.3, -0.25) is 14.4 Å². The molecule has 1 amide bonds. The van der Waals surface area contributed by atoms with Crippen molar-refractivity contribution in [2.24, 2.45) is 5.41 Å². The Bertz CT molecular complexity index is 1240. The molecule has 0 aliphatic heterocycles. The molecule has 0 bridgehead atoms. The Labute approximate surface area is 191 Å². The van der Waals surface area contributed by atoms with Gasteiger partial charge in [-0.1, -0.05) is 13.8 Å². The van der Waals surface area contributed by atoms with Gasteiger partial charge in [0.15, 0.2) is 5.78 Å². The van der Waals surface area contributed by atoms with Crippen LogP contribution in [0.4, 0.5) is 5.69 Å². The number of nitrogens with one attached hydrogen (secondary N) is 2. The molecular weight excluding hydrogens is 420 g/mol. The molecule has 0 saturated carbocycles. The summed E-state index contributed by atoms with van der Waals surface area (Å²) in [6.07, 6.45) is 0.962. The van der Waals surface area contributed by atoms with Crippen LogP contribution in [0.1, 0.15) is 53.6 Å². The van der Waals surface area contributed by atoms with E-state index in [0.717, 1.165) is 5.75 Å². The zero-order chi connectivity index (χ0) is 23.6. The van der Waals surface area contributed by atoms with Crippen LogP contribution in [0.25, 0.3) is 0 Å². The van der Waals surface area contributed by atoms with Crippen LogP contribution in [0.2, 0.25) is 0 Å². The van der Waals surface area contributed by atoms with Crippen molar-refractivity contribution in [3.8, 4) is 17.2 Å². The third-order valence-corrected chi connectivity index (χ3v) is 5.44. The number of fused-ring (bicyclic) bond motifs is 1. The summed E-state index contributed by atoms with van der Waals surface area (Å²) in [5, 5.41) is 2.71. The first-order valence-electron chi connectivity index (χ1n) is 10.9. The van der Waals surface area contributed by atoms with Crippen LogP contribution in [0, 0.1) is 5.41 Å². The molecule has 0 unspecified atom stereocenters. The van der Waals surface area contributed by atoms with Crippen LogP contribution in [-0.2, 0) is 6.42 Å². The van der Waals surface area contributed by atoms with Gasteiger partial charge in [0.05, 0.1) is 6.61 Å². The first-order chi connectivity index (χ1) is 15.7. The SMILES string of the molecule is CCOc1ccc(Oc2ccc(NC(=O)c3cc4c([nH]c3=O)CC(C)(C)CC4=O)cc2)cc1. The van der Waals surface area contributed by atoms with Crippen molar-refractivity contribution in [2.45, 2.75) is 33.6 Å². The minimum absolute atomic E-state index is 0.0673. The lowest BCUT2D eigenvalue weighted by molar-refractivity contribution is 0.0910. The zero-order valence-corrected chi connectivity index (χ0v) is 18.9. The highest BCUT2D eigenvalue weighted by atomic mass is 16.5. The number of hydrogen-bond acceptors (Lipinski definition) is 5. The fraction of sp³-hybridized carbons (Fsp3) is 0.269. The second-order valence-corrected chi connectivity index (χ2v) is 8.83. The Morgan fingerprint density at radius 3 is 2.21 bits per heavy atom. The standard InChI is InChI=1S/C26H26N2O5/c1-4-32-17-9-11-19(12-10-17)33-18-7-5-16(6-8-18)27-24(30)21-13-20-22(28-25(21)31)14-26(2,3)15-23(20)29/h5-13H,4,14-15H2,1-3H3,(H,27,30)(H,28,31). The molecule has 33 heavy (non-hydrogen) atoms. The number of carbonyl (C=O) groups excluding carboxylic acids is 2. The van der Waals surface area contributed by atoms with Gasteiger partial charge in [0, 0.05) is 23.4 Å². The number of carbonyl (C=O) groups is 2. The van der Waals surface area contributed by atoms with Crippen molar-refractivity contribution >= 4 is 17.4 Å². The van der Waals surface area contributed by atoms with Crippen molar-refractivity contribution in [3.63, 3.8) is 0 Å². The summed E-state index contributed by atoms with van der Waals surface area (Å²) in [5.74, 6) is 1.38. The second kappa shape index (κ2) is 8.94. The van der Waals surface area contributed by atoms with E-state index in [1.165, 1.54) is 6.07 Å². The molecule has 1 aliphatic carbocycles. The molecule has 4 rings (SSSR count). The summed E-state index contributed by atoms with van der Waals surface area (Å²) < 4.78 is 11.2. The van der Waals surface area contributed by atoms with Crippen LogP contribution in [-0.4, -0.2) is 23.3 Å². The van der Waals surface area contributed by atoms with E-state index < -0.39 is 11.5 Å². The van der Waals surface area contributed by atoms with Crippen LogP contribution < -0.4 is 20.3 Å². The Balaban J connectivity index is 1.45. The van der Waals surface area contributed by atoms with E-state index in [4.69, 9.17) is 9.47 Å². The number of ether oxygens (including phenoxy) is 2. The van der Waals surface area contributed by atoms with Gasteiger partial charge in [-0.05, 0) is 73.4 Å². The normalized spacial score (nSPS) is 14.3. The molecule has 1 heterocycles. The van der Waals surface area contributed by atoms with E-state index in [1.54, 1.807) is 24.3 Å². The van der Waals surface area contributed by atoms with Gasteiger partial charge in [0.25, 0.3) is 11.5 Å². The number of aromatic nitrogens is 1. The molecule has 2 aromatic carbocycles. The molecule has 0 spiro atoms. The number of aromatic amines is 1. The first-order valence-corrected chi connectivity index (χ1v) is 10.9. The maximum atomic E-state index is 12.7. The minimum Gasteiger partial charge on any atom is -0.494 e. The number of rotatable bonds is 6. The van der Waals surface area contributed by atoms with Crippen LogP contribution in [0.3, 0.4) is 0 Å². The summed E-state index contributed by atoms with van der Waals surface area (Å²) in [4.78, 5) is 40.5. The van der Waals surface area contributed by atoms with E-state index in [-0.39, 0.29) is 16.8 Å². The maximum Gasteiger partial charge on any atom is 0.261 e. The highest BCUT2D eigenvalue weighted by Gasteiger charge is 2.32. The van der Waals surface area contributed by atoms with Gasteiger partial charge in [-0.15, -0.1) is 0 Å². The number of Topliss-reactive ketones (excluding diaryl/α,β-unsaturated/α-hetero) is 1. The molecule has 2 N–H and O–H groups in total. The van der Waals surface area contributed by atoms with Crippen molar-refractivity contribution in [2.75, 3.05) is 11.9 Å². The van der Waals surface area contributed by atoms with E-state index in [2.05, 4.69) is 10.3 Å². The van der Waals surface area contributed by atoms with Crippen molar-refractivity contribution < 1.29 is 19.1 Å². The molecule has 7 nitrogen and oxygen atoms in total. The predicted molar refractivity (Wildman–Crippen MR) is 126 cm³/mol. The van der Waals surface area contributed by atoms with Gasteiger partial charge in [0.2, 0.25) is 0 Å². The Morgan fingerprint density at radius 2 is 1.58 bits per heavy atom. The number of pyridine rings is 1. The minimum atomic E-state index is -0.572. The number of benzene rings is 2. The van der Waals surface area contributed by atoms with Crippen molar-refractivity contribution in [1.82, 2.24) is 4.98 Å². The average molecular weight is 447 g/mol. The predicted octanol–water partition coefficient (Wildman–Crippen LogP) is 4.97. The molecule has 0 saturated heterocycles. The highest BCUT2D eigenvalue weighted by molar-refractivity contribution is 6.06. The molecule has 1 aliphatic rings. The Morgan fingerprint density at radius 1 is 0.970 bits per heavy atom. The van der Waals surface area contributed by atoms with Crippen LogP contribution in [0.15, 0.2) is 59.4 Å². The van der Waals surface area contributed by atoms with Gasteiger partial charge in [0.1, 0.15) is 22.8 Å². The number of hydrogen-bond donors (Lipinski definition) is 2. The molecule has 170 valence electrons. The Kier molecular flexibility index (Phi) is 6.05. The molecular formula is C26H26N2O5. The molecule has 0 atom stereocenters. The lowest BCUT2D eigenvalue weighted by atomic mass is 9.75. The molecule has 1 aromatic heterocycles. The summed E-state index contributed by atoms with van der Waals surface area (Å²) >= 11 is 0. The fourth-order valence-corrected chi connectivity index (χ4v) is 3.91. The van der Waals surface area contributed by atoms with E-state index in [1.807, 2.05) is 45.0 Å². The third kappa shape index (κ3) is 5.14. The molecule has 0 radical (unpaired) electrons. The van der Waals surface area contributed by atoms with Gasteiger partial charge in [-0.25, -0.2) is 0 Å². The van der Waals surface area contributed by atoms with E-state index in [0.29, 0.717) is 47.9 Å². The largest absolute Gasteiger partial charge is 0.494 e. The Hall–Kier alpha value is -3.87. The van der Waals surface area contributed by atoms with Crippen molar-refractivity contribution in [3.05, 3.63) is 81.8 Å². The van der Waals surface area contributed by atoms with Gasteiger partial charge in [-0.2, -0.15) is 0 Å². The smallest absolute Gasteiger partial charge is 0.261 e. The zero-order valence-electron chi connectivity index (χ0n) is 18.9. The first kappa shape index (κ1) is 22.3. The number of amides is 1. The lowest BCUT2D eigenvalue weighted by Gasteiger charge is -2.29. The quantitative estimate of drug-likeness (QED) is 0.557. The fourth-order valence-electron chi connectivity index (χ4n) is 3.91. The number of ketones is 1. The van der Waals surface area contributed by atoms with Gasteiger partial charge < -0.3 is 19.8 Å². The average Bonchev–Trinajstić information content (AvgIpc) is 2.75. The van der Waals surface area contributed by atoms with Gasteiger partial charge >= 0.3 is 0 Å². The van der Waals surface area contributed by atoms with Crippen LogP contribution >= 0.6 is 0 Å². The number of H-pyrrole nitrogens is 1. The molecule has 0 fully saturated rings. The topological polar surface area (TPSA) is 97.5 Å². The second-order valence-electron chi connectivity index (χ2n) is 8.83. The third-order valence-electron chi connectivity index (χ3n) is 5.44. The monoisotopic (exact) mass is 446 g/mol. The highest BCUT2D eigenvalue weighted by Crippen LogP contribution is 2.33. The van der Waals surface area contributed by atoms with Crippen LogP contribution in [0.5, 0.6) is 17.2 Å². The summed E-state index contributed by atoms with van der Waals surface area (Å²) in [5.41, 5.74) is 0.700. The molecule has 7 heteroatoms. The summed E-state index contributed by atoms with van der Waals surface area (Å²) in [7, 11) is 0. The van der Waals surface area contributed by atoms with E-state index >= 15 is 0 Å². The van der Waals surface area contributed by atoms with E-state index in [9.17, 15) is 14.4 Å².